The van der Waals surface area contributed by atoms with Gasteiger partial charge in [-0.3, -0.25) is 4.90 Å². The summed E-state index contributed by atoms with van der Waals surface area (Å²) >= 11 is 3.44. The fourth-order valence-electron chi connectivity index (χ4n) is 2.15. The number of hydrogen-bond acceptors (Lipinski definition) is 3. The highest BCUT2D eigenvalue weighted by atomic mass is 79.9. The van der Waals surface area contributed by atoms with E-state index in [1.165, 1.54) is 5.56 Å². The van der Waals surface area contributed by atoms with E-state index in [1.807, 2.05) is 6.92 Å². The first kappa shape index (κ1) is 14.3. The van der Waals surface area contributed by atoms with Gasteiger partial charge in [0, 0.05) is 37.2 Å². The Kier molecular flexibility index (Phi) is 5.22. The van der Waals surface area contributed by atoms with Crippen molar-refractivity contribution in [2.45, 2.75) is 13.5 Å². The molecule has 1 saturated heterocycles. The minimum Gasteiger partial charge on any atom is -0.450 e. The molecule has 1 aromatic carbocycles. The first-order valence-electron chi connectivity index (χ1n) is 6.57. The van der Waals surface area contributed by atoms with Gasteiger partial charge in [-0.2, -0.15) is 0 Å². The fourth-order valence-corrected chi connectivity index (χ4v) is 2.42. The van der Waals surface area contributed by atoms with Crippen LogP contribution in [0.1, 0.15) is 12.5 Å². The van der Waals surface area contributed by atoms with Gasteiger partial charge in [-0.05, 0) is 24.6 Å². The number of ether oxygens (including phenoxy) is 1. The van der Waals surface area contributed by atoms with E-state index < -0.39 is 0 Å². The quantitative estimate of drug-likeness (QED) is 0.856. The first-order chi connectivity index (χ1) is 9.19. The second-order valence-corrected chi connectivity index (χ2v) is 5.50. The van der Waals surface area contributed by atoms with Gasteiger partial charge in [0.15, 0.2) is 0 Å². The van der Waals surface area contributed by atoms with Crippen LogP contribution in [-0.4, -0.2) is 48.7 Å². The van der Waals surface area contributed by atoms with E-state index in [1.54, 1.807) is 4.90 Å². The molecule has 0 atom stereocenters. The summed E-state index contributed by atoms with van der Waals surface area (Å²) in [5, 5.41) is 0. The molecular weight excluding hydrogens is 308 g/mol. The average Bonchev–Trinajstić information content (AvgIpc) is 2.42. The number of carbonyl (C=O) groups is 1. The number of piperazine rings is 1. The Morgan fingerprint density at radius 3 is 2.42 bits per heavy atom. The third-order valence-corrected chi connectivity index (χ3v) is 3.75. The number of nitrogens with zero attached hydrogens (tertiary/aromatic N) is 2. The predicted molar refractivity (Wildman–Crippen MR) is 78.0 cm³/mol. The van der Waals surface area contributed by atoms with E-state index in [0.717, 1.165) is 37.2 Å². The Morgan fingerprint density at radius 1 is 1.21 bits per heavy atom. The van der Waals surface area contributed by atoms with E-state index in [2.05, 4.69) is 45.1 Å². The number of benzene rings is 1. The van der Waals surface area contributed by atoms with Crippen LogP contribution in [0, 0.1) is 0 Å². The lowest BCUT2D eigenvalue weighted by atomic mass is 10.2. The molecule has 0 unspecified atom stereocenters. The molecule has 0 spiro atoms. The second-order valence-electron chi connectivity index (χ2n) is 4.59. The molecule has 1 amide bonds. The summed E-state index contributed by atoms with van der Waals surface area (Å²) in [4.78, 5) is 15.7. The molecule has 0 saturated carbocycles. The minimum absolute atomic E-state index is 0.189. The summed E-state index contributed by atoms with van der Waals surface area (Å²) in [6.45, 7) is 6.50. The Balaban J connectivity index is 1.80. The average molecular weight is 327 g/mol. The maximum Gasteiger partial charge on any atom is 0.409 e. The molecule has 104 valence electrons. The van der Waals surface area contributed by atoms with Gasteiger partial charge in [0.05, 0.1) is 6.61 Å². The van der Waals surface area contributed by atoms with Gasteiger partial charge < -0.3 is 9.64 Å². The van der Waals surface area contributed by atoms with Gasteiger partial charge in [-0.25, -0.2) is 4.79 Å². The molecule has 0 radical (unpaired) electrons. The SMILES string of the molecule is CCOC(=O)N1CCN(Cc2ccc(Br)cc2)CC1. The summed E-state index contributed by atoms with van der Waals surface area (Å²) in [5.74, 6) is 0. The number of amides is 1. The van der Waals surface area contributed by atoms with E-state index in [9.17, 15) is 4.79 Å². The van der Waals surface area contributed by atoms with Crippen molar-refractivity contribution in [1.29, 1.82) is 0 Å². The zero-order valence-corrected chi connectivity index (χ0v) is 12.7. The minimum atomic E-state index is -0.189. The molecule has 2 rings (SSSR count). The van der Waals surface area contributed by atoms with Crippen LogP contribution in [0.2, 0.25) is 0 Å². The summed E-state index contributed by atoms with van der Waals surface area (Å²) in [6, 6.07) is 8.37. The predicted octanol–water partition coefficient (Wildman–Crippen LogP) is 2.72. The molecule has 1 heterocycles. The van der Waals surface area contributed by atoms with Crippen LogP contribution in [0.15, 0.2) is 28.7 Å². The van der Waals surface area contributed by atoms with Crippen molar-refractivity contribution >= 4 is 22.0 Å². The normalized spacial score (nSPS) is 16.4. The van der Waals surface area contributed by atoms with Crippen molar-refractivity contribution in [2.24, 2.45) is 0 Å². The molecule has 19 heavy (non-hydrogen) atoms. The van der Waals surface area contributed by atoms with Gasteiger partial charge in [0.1, 0.15) is 0 Å². The third kappa shape index (κ3) is 4.21. The highest BCUT2D eigenvalue weighted by Gasteiger charge is 2.21. The molecule has 1 aromatic rings. The molecule has 0 aliphatic carbocycles. The van der Waals surface area contributed by atoms with Crippen LogP contribution < -0.4 is 0 Å². The number of halogens is 1. The van der Waals surface area contributed by atoms with Crippen molar-refractivity contribution in [3.05, 3.63) is 34.3 Å². The van der Waals surface area contributed by atoms with Gasteiger partial charge in [0.2, 0.25) is 0 Å². The molecule has 0 bridgehead atoms. The lowest BCUT2D eigenvalue weighted by Crippen LogP contribution is -2.48. The molecule has 1 aliphatic heterocycles. The molecule has 0 aromatic heterocycles. The fraction of sp³-hybridized carbons (Fsp3) is 0.500. The maximum absolute atomic E-state index is 11.6. The molecule has 5 heteroatoms. The third-order valence-electron chi connectivity index (χ3n) is 3.22. The van der Waals surface area contributed by atoms with Crippen LogP contribution in [0.25, 0.3) is 0 Å². The van der Waals surface area contributed by atoms with Gasteiger partial charge in [-0.15, -0.1) is 0 Å². The van der Waals surface area contributed by atoms with Crippen molar-refractivity contribution in [2.75, 3.05) is 32.8 Å². The maximum atomic E-state index is 11.6. The summed E-state index contributed by atoms with van der Waals surface area (Å²) in [7, 11) is 0. The van der Waals surface area contributed by atoms with Crippen molar-refractivity contribution < 1.29 is 9.53 Å². The number of carbonyl (C=O) groups excluding carboxylic acids is 1. The Morgan fingerprint density at radius 2 is 1.84 bits per heavy atom. The number of hydrogen-bond donors (Lipinski definition) is 0. The highest BCUT2D eigenvalue weighted by Crippen LogP contribution is 2.13. The van der Waals surface area contributed by atoms with Crippen LogP contribution in [-0.2, 0) is 11.3 Å². The van der Waals surface area contributed by atoms with Crippen LogP contribution in [0.3, 0.4) is 0 Å². The van der Waals surface area contributed by atoms with E-state index in [0.29, 0.717) is 6.61 Å². The lowest BCUT2D eigenvalue weighted by molar-refractivity contribution is 0.0778. The standard InChI is InChI=1S/C14H19BrN2O2/c1-2-19-14(18)17-9-7-16(8-10-17)11-12-3-5-13(15)6-4-12/h3-6H,2,7-11H2,1H3. The Hall–Kier alpha value is -1.07. The summed E-state index contributed by atoms with van der Waals surface area (Å²) in [5.41, 5.74) is 1.30. The zero-order valence-electron chi connectivity index (χ0n) is 11.1. The van der Waals surface area contributed by atoms with Gasteiger partial charge in [0.25, 0.3) is 0 Å². The Bertz CT molecular complexity index is 414. The smallest absolute Gasteiger partial charge is 0.409 e. The Labute approximate surface area is 122 Å². The van der Waals surface area contributed by atoms with Crippen molar-refractivity contribution in [3.63, 3.8) is 0 Å². The summed E-state index contributed by atoms with van der Waals surface area (Å²) < 4.78 is 6.11. The molecule has 4 nitrogen and oxygen atoms in total. The van der Waals surface area contributed by atoms with Crippen LogP contribution in [0.4, 0.5) is 4.79 Å². The van der Waals surface area contributed by atoms with Crippen molar-refractivity contribution in [3.8, 4) is 0 Å². The lowest BCUT2D eigenvalue weighted by Gasteiger charge is -2.34. The van der Waals surface area contributed by atoms with Gasteiger partial charge in [-0.1, -0.05) is 28.1 Å². The number of rotatable bonds is 3. The summed E-state index contributed by atoms with van der Waals surface area (Å²) in [6.07, 6.45) is -0.189. The molecular formula is C14H19BrN2O2. The molecule has 0 N–H and O–H groups in total. The van der Waals surface area contributed by atoms with Crippen LogP contribution >= 0.6 is 15.9 Å². The largest absolute Gasteiger partial charge is 0.450 e. The van der Waals surface area contributed by atoms with E-state index in [-0.39, 0.29) is 6.09 Å². The first-order valence-corrected chi connectivity index (χ1v) is 7.37. The second kappa shape index (κ2) is 6.91. The topological polar surface area (TPSA) is 32.8 Å². The van der Waals surface area contributed by atoms with Crippen LogP contribution in [0.5, 0.6) is 0 Å². The monoisotopic (exact) mass is 326 g/mol. The zero-order chi connectivity index (χ0) is 13.7. The van der Waals surface area contributed by atoms with E-state index in [4.69, 9.17) is 4.74 Å². The molecule has 1 aliphatic rings. The molecule has 1 fully saturated rings. The van der Waals surface area contributed by atoms with E-state index >= 15 is 0 Å². The highest BCUT2D eigenvalue weighted by molar-refractivity contribution is 9.10. The van der Waals surface area contributed by atoms with Gasteiger partial charge >= 0.3 is 6.09 Å². The van der Waals surface area contributed by atoms with Crippen molar-refractivity contribution in [1.82, 2.24) is 9.80 Å².